The SMILES string of the molecule is O=C(Nc1ccncc1)C1CCN(C(=O)C(O)c2ccc(Br)cc2F)CC1. The standard InChI is InChI=1S/C19H19BrFN3O3/c20-13-1-2-15(16(21)11-13)17(25)19(27)24-9-5-12(6-10-24)18(26)23-14-3-7-22-8-4-14/h1-4,7-8,11-12,17,25H,5-6,9-10H2,(H,22,23,26). The zero-order valence-corrected chi connectivity index (χ0v) is 16.0. The van der Waals surface area contributed by atoms with Crippen molar-refractivity contribution in [3.05, 3.63) is 58.6 Å². The number of nitrogens with one attached hydrogen (secondary N) is 1. The summed E-state index contributed by atoms with van der Waals surface area (Å²) in [6, 6.07) is 7.59. The Hall–Kier alpha value is -2.32. The molecule has 1 atom stereocenters. The number of aromatic nitrogens is 1. The van der Waals surface area contributed by atoms with Crippen molar-refractivity contribution < 1.29 is 19.1 Å². The van der Waals surface area contributed by atoms with Crippen LogP contribution in [-0.4, -0.2) is 39.9 Å². The maximum Gasteiger partial charge on any atom is 0.256 e. The zero-order chi connectivity index (χ0) is 19.4. The molecular weight excluding hydrogens is 417 g/mol. The lowest BCUT2D eigenvalue weighted by atomic mass is 9.95. The summed E-state index contributed by atoms with van der Waals surface area (Å²) in [6.07, 6.45) is 2.61. The third-order valence-electron chi connectivity index (χ3n) is 4.62. The summed E-state index contributed by atoms with van der Waals surface area (Å²) in [6.45, 7) is 0.672. The Morgan fingerprint density at radius 3 is 2.52 bits per heavy atom. The van der Waals surface area contributed by atoms with Crippen molar-refractivity contribution in [1.82, 2.24) is 9.88 Å². The van der Waals surface area contributed by atoms with E-state index in [4.69, 9.17) is 0 Å². The van der Waals surface area contributed by atoms with Crippen LogP contribution < -0.4 is 5.32 Å². The molecule has 0 saturated carbocycles. The zero-order valence-electron chi connectivity index (χ0n) is 14.4. The lowest BCUT2D eigenvalue weighted by Crippen LogP contribution is -2.43. The van der Waals surface area contributed by atoms with Gasteiger partial charge in [0.05, 0.1) is 0 Å². The number of halogens is 2. The van der Waals surface area contributed by atoms with Gasteiger partial charge in [-0.25, -0.2) is 4.39 Å². The monoisotopic (exact) mass is 435 g/mol. The van der Waals surface area contributed by atoms with Crippen LogP contribution in [0.2, 0.25) is 0 Å². The first kappa shape index (κ1) is 19.4. The average Bonchev–Trinajstić information content (AvgIpc) is 2.68. The summed E-state index contributed by atoms with van der Waals surface area (Å²) >= 11 is 3.14. The van der Waals surface area contributed by atoms with Crippen molar-refractivity contribution >= 4 is 33.4 Å². The van der Waals surface area contributed by atoms with Crippen LogP contribution in [0.25, 0.3) is 0 Å². The fourth-order valence-electron chi connectivity index (χ4n) is 3.07. The molecule has 2 N–H and O–H groups in total. The number of benzene rings is 1. The molecule has 0 aliphatic carbocycles. The third kappa shape index (κ3) is 4.70. The summed E-state index contributed by atoms with van der Waals surface area (Å²) in [5.74, 6) is -1.52. The van der Waals surface area contributed by atoms with Crippen molar-refractivity contribution in [2.24, 2.45) is 5.92 Å². The smallest absolute Gasteiger partial charge is 0.256 e. The van der Waals surface area contributed by atoms with E-state index in [2.05, 4.69) is 26.2 Å². The second-order valence-electron chi connectivity index (χ2n) is 6.39. The average molecular weight is 436 g/mol. The van der Waals surface area contributed by atoms with Crippen LogP contribution in [-0.2, 0) is 9.59 Å². The van der Waals surface area contributed by atoms with Crippen molar-refractivity contribution in [3.63, 3.8) is 0 Å². The number of pyridine rings is 1. The molecule has 1 saturated heterocycles. The Morgan fingerprint density at radius 2 is 1.89 bits per heavy atom. The van der Waals surface area contributed by atoms with E-state index in [0.717, 1.165) is 0 Å². The number of aliphatic hydroxyl groups excluding tert-OH is 1. The van der Waals surface area contributed by atoms with Gasteiger partial charge in [-0.3, -0.25) is 14.6 Å². The molecule has 2 amide bonds. The molecule has 27 heavy (non-hydrogen) atoms. The van der Waals surface area contributed by atoms with Gasteiger partial charge in [0, 0.05) is 47.1 Å². The van der Waals surface area contributed by atoms with Crippen molar-refractivity contribution in [2.45, 2.75) is 18.9 Å². The van der Waals surface area contributed by atoms with Crippen molar-refractivity contribution in [2.75, 3.05) is 18.4 Å². The molecule has 2 aromatic rings. The number of hydrogen-bond acceptors (Lipinski definition) is 4. The lowest BCUT2D eigenvalue weighted by molar-refractivity contribution is -0.143. The molecule has 6 nitrogen and oxygen atoms in total. The summed E-state index contributed by atoms with van der Waals surface area (Å²) < 4.78 is 14.5. The fraction of sp³-hybridized carbons (Fsp3) is 0.316. The summed E-state index contributed by atoms with van der Waals surface area (Å²) in [5, 5.41) is 13.1. The molecule has 1 aromatic heterocycles. The second-order valence-corrected chi connectivity index (χ2v) is 7.31. The Balaban J connectivity index is 1.56. The van der Waals surface area contributed by atoms with Gasteiger partial charge in [-0.2, -0.15) is 0 Å². The number of likely N-dealkylation sites (tertiary alicyclic amines) is 1. The highest BCUT2D eigenvalue weighted by atomic mass is 79.9. The van der Waals surface area contributed by atoms with E-state index in [1.54, 1.807) is 30.6 Å². The normalized spacial score (nSPS) is 16.0. The van der Waals surface area contributed by atoms with E-state index in [9.17, 15) is 19.1 Å². The summed E-state index contributed by atoms with van der Waals surface area (Å²) in [4.78, 5) is 30.2. The number of nitrogens with zero attached hydrogens (tertiary/aromatic N) is 2. The van der Waals surface area contributed by atoms with E-state index in [-0.39, 0.29) is 17.4 Å². The van der Waals surface area contributed by atoms with Gasteiger partial charge in [0.2, 0.25) is 5.91 Å². The van der Waals surface area contributed by atoms with Gasteiger partial charge in [-0.15, -0.1) is 0 Å². The number of rotatable bonds is 4. The highest BCUT2D eigenvalue weighted by Crippen LogP contribution is 2.25. The first-order valence-electron chi connectivity index (χ1n) is 8.58. The minimum atomic E-state index is -1.56. The topological polar surface area (TPSA) is 82.5 Å². The Kier molecular flexibility index (Phi) is 6.18. The van der Waals surface area contributed by atoms with Crippen molar-refractivity contribution in [3.8, 4) is 0 Å². The highest BCUT2D eigenvalue weighted by molar-refractivity contribution is 9.10. The van der Waals surface area contributed by atoms with Crippen LogP contribution in [0, 0.1) is 11.7 Å². The van der Waals surface area contributed by atoms with Crippen LogP contribution in [0.1, 0.15) is 24.5 Å². The molecule has 0 spiro atoms. The predicted octanol–water partition coefficient (Wildman–Crippen LogP) is 2.89. The quantitative estimate of drug-likeness (QED) is 0.773. The first-order valence-corrected chi connectivity index (χ1v) is 9.37. The molecule has 1 unspecified atom stereocenters. The summed E-state index contributed by atoms with van der Waals surface area (Å²) in [7, 11) is 0. The van der Waals surface area contributed by atoms with Crippen LogP contribution in [0.4, 0.5) is 10.1 Å². The number of carbonyl (C=O) groups is 2. The van der Waals surface area contributed by atoms with Crippen molar-refractivity contribution in [1.29, 1.82) is 0 Å². The van der Waals surface area contributed by atoms with Gasteiger partial charge in [0.15, 0.2) is 6.10 Å². The third-order valence-corrected chi connectivity index (χ3v) is 5.11. The van der Waals surface area contributed by atoms with Crippen LogP contribution in [0.15, 0.2) is 47.2 Å². The maximum atomic E-state index is 14.0. The molecule has 0 radical (unpaired) electrons. The molecule has 1 fully saturated rings. The first-order chi connectivity index (χ1) is 13.0. The molecule has 8 heteroatoms. The number of carbonyl (C=O) groups excluding carboxylic acids is 2. The predicted molar refractivity (Wildman–Crippen MR) is 101 cm³/mol. The number of hydrogen-bond donors (Lipinski definition) is 2. The van der Waals surface area contributed by atoms with E-state index in [0.29, 0.717) is 36.1 Å². The molecule has 1 aliphatic rings. The molecule has 3 rings (SSSR count). The van der Waals surface area contributed by atoms with Gasteiger partial charge in [0.1, 0.15) is 5.82 Å². The molecule has 2 heterocycles. The minimum absolute atomic E-state index is 0.0549. The van der Waals surface area contributed by atoms with E-state index < -0.39 is 17.8 Å². The lowest BCUT2D eigenvalue weighted by Gasteiger charge is -2.32. The number of amides is 2. The molecule has 0 bridgehead atoms. The molecular formula is C19H19BrFN3O3. The summed E-state index contributed by atoms with van der Waals surface area (Å²) in [5.41, 5.74) is 0.621. The largest absolute Gasteiger partial charge is 0.378 e. The molecule has 142 valence electrons. The van der Waals surface area contributed by atoms with Gasteiger partial charge in [0.25, 0.3) is 5.91 Å². The maximum absolute atomic E-state index is 14.0. The van der Waals surface area contributed by atoms with E-state index in [1.165, 1.54) is 17.0 Å². The van der Waals surface area contributed by atoms with E-state index in [1.807, 2.05) is 0 Å². The number of piperidine rings is 1. The van der Waals surface area contributed by atoms with Crippen LogP contribution >= 0.6 is 15.9 Å². The second kappa shape index (κ2) is 8.58. The number of aliphatic hydroxyl groups is 1. The minimum Gasteiger partial charge on any atom is -0.378 e. The van der Waals surface area contributed by atoms with Gasteiger partial charge >= 0.3 is 0 Å². The van der Waals surface area contributed by atoms with E-state index >= 15 is 0 Å². The van der Waals surface area contributed by atoms with Gasteiger partial charge < -0.3 is 15.3 Å². The Morgan fingerprint density at radius 1 is 1.22 bits per heavy atom. The fourth-order valence-corrected chi connectivity index (χ4v) is 3.40. The Labute approximate surface area is 164 Å². The number of anilines is 1. The van der Waals surface area contributed by atoms with Gasteiger partial charge in [-0.1, -0.05) is 22.0 Å². The van der Waals surface area contributed by atoms with Gasteiger partial charge in [-0.05, 0) is 37.1 Å². The van der Waals surface area contributed by atoms with Crippen LogP contribution in [0.3, 0.4) is 0 Å². The molecule has 1 aromatic carbocycles. The Bertz CT molecular complexity index is 826. The van der Waals surface area contributed by atoms with Crippen LogP contribution in [0.5, 0.6) is 0 Å². The molecule has 1 aliphatic heterocycles. The highest BCUT2D eigenvalue weighted by Gasteiger charge is 2.31.